The lowest BCUT2D eigenvalue weighted by Crippen LogP contribution is -2.52. The van der Waals surface area contributed by atoms with Gasteiger partial charge in [0.15, 0.2) is 0 Å². The van der Waals surface area contributed by atoms with E-state index in [4.69, 9.17) is 0 Å². The van der Waals surface area contributed by atoms with E-state index < -0.39 is 28.3 Å². The smallest absolute Gasteiger partial charge is 0.293 e. The van der Waals surface area contributed by atoms with Gasteiger partial charge in [0, 0.05) is 21.4 Å². The maximum atomic E-state index is 14.5. The molecule has 0 aliphatic heterocycles. The summed E-state index contributed by atoms with van der Waals surface area (Å²) in [6, 6.07) is 5.35. The Morgan fingerprint density at radius 3 is 2.05 bits per heavy atom. The molecular weight excluding hydrogens is 343 g/mol. The second kappa shape index (κ2) is 6.03. The summed E-state index contributed by atoms with van der Waals surface area (Å²) in [5.74, 6) is -3.14. The molecule has 0 fully saturated rings. The first-order valence-corrected chi connectivity index (χ1v) is 7.44. The molecule has 0 radical (unpaired) electrons. The van der Waals surface area contributed by atoms with Crippen molar-refractivity contribution in [3.8, 4) is 0 Å². The first kappa shape index (κ1) is 16.8. The molecule has 1 aromatic carbocycles. The van der Waals surface area contributed by atoms with E-state index in [1.807, 2.05) is 4.72 Å². The number of benzene rings is 1. The van der Waals surface area contributed by atoms with Gasteiger partial charge in [-0.15, -0.1) is 0 Å². The first-order chi connectivity index (χ1) is 8.57. The van der Waals surface area contributed by atoms with Crippen LogP contribution in [0, 0.1) is 0 Å². The van der Waals surface area contributed by atoms with E-state index >= 15 is 0 Å². The summed E-state index contributed by atoms with van der Waals surface area (Å²) in [4.78, 5) is 0. The quantitative estimate of drug-likeness (QED) is 0.655. The molecule has 7 heteroatoms. The largest absolute Gasteiger partial charge is 0.598 e. The van der Waals surface area contributed by atoms with Crippen LogP contribution in [-0.2, 0) is 17.2 Å². The highest BCUT2D eigenvalue weighted by Gasteiger charge is 2.48. The van der Waals surface area contributed by atoms with Gasteiger partial charge in [-0.05, 0) is 32.9 Å². The Morgan fingerprint density at radius 1 is 1.21 bits per heavy atom. The lowest BCUT2D eigenvalue weighted by Gasteiger charge is -2.31. The summed E-state index contributed by atoms with van der Waals surface area (Å²) in [5.41, 5.74) is -0.261. The van der Waals surface area contributed by atoms with Gasteiger partial charge in [0.2, 0.25) is 0 Å². The highest BCUT2D eigenvalue weighted by molar-refractivity contribution is 9.10. The van der Waals surface area contributed by atoms with Gasteiger partial charge in [-0.25, -0.2) is 13.2 Å². The zero-order valence-electron chi connectivity index (χ0n) is 10.7. The Balaban J connectivity index is 3.07. The van der Waals surface area contributed by atoms with Crippen LogP contribution in [0.1, 0.15) is 26.3 Å². The normalized spacial score (nSPS) is 17.3. The predicted octanol–water partition coefficient (Wildman–Crippen LogP) is 3.89. The molecule has 0 amide bonds. The molecule has 2 nitrogen and oxygen atoms in total. The molecule has 0 saturated heterocycles. The fourth-order valence-electron chi connectivity index (χ4n) is 1.21. The van der Waals surface area contributed by atoms with Crippen molar-refractivity contribution in [2.45, 2.75) is 37.7 Å². The van der Waals surface area contributed by atoms with Gasteiger partial charge in [-0.3, -0.25) is 0 Å². The van der Waals surface area contributed by atoms with Gasteiger partial charge in [-0.2, -0.15) is 0 Å². The second-order valence-electron chi connectivity index (χ2n) is 5.00. The van der Waals surface area contributed by atoms with E-state index in [0.717, 1.165) is 0 Å². The predicted molar refractivity (Wildman–Crippen MR) is 74.0 cm³/mol. The maximum Gasteiger partial charge on any atom is 0.293 e. The Kier molecular flexibility index (Phi) is 5.34. The van der Waals surface area contributed by atoms with Crippen LogP contribution >= 0.6 is 15.9 Å². The summed E-state index contributed by atoms with van der Waals surface area (Å²) in [7, 11) is 0. The third-order valence-electron chi connectivity index (χ3n) is 2.36. The van der Waals surface area contributed by atoms with Gasteiger partial charge in [-0.1, -0.05) is 32.8 Å². The van der Waals surface area contributed by atoms with Crippen molar-refractivity contribution in [2.75, 3.05) is 0 Å². The van der Waals surface area contributed by atoms with Gasteiger partial charge in [0.25, 0.3) is 12.2 Å². The Hall–Kier alpha value is -0.240. The Morgan fingerprint density at radius 2 is 1.68 bits per heavy atom. The minimum Gasteiger partial charge on any atom is -0.598 e. The number of halogens is 4. The van der Waals surface area contributed by atoms with E-state index in [-0.39, 0.29) is 5.56 Å². The molecule has 108 valence electrons. The summed E-state index contributed by atoms with van der Waals surface area (Å²) >= 11 is 1.19. The van der Waals surface area contributed by atoms with Crippen LogP contribution in [0.15, 0.2) is 28.7 Å². The number of rotatable bonds is 4. The summed E-state index contributed by atoms with van der Waals surface area (Å²) in [5, 5.41) is 0. The van der Waals surface area contributed by atoms with E-state index in [0.29, 0.717) is 4.47 Å². The number of hydrogen-bond acceptors (Lipinski definition) is 2. The van der Waals surface area contributed by atoms with Crippen molar-refractivity contribution in [1.29, 1.82) is 0 Å². The maximum absolute atomic E-state index is 14.5. The molecule has 0 bridgehead atoms. The molecule has 19 heavy (non-hydrogen) atoms. The molecule has 0 saturated carbocycles. The van der Waals surface area contributed by atoms with Crippen molar-refractivity contribution in [3.63, 3.8) is 0 Å². The highest BCUT2D eigenvalue weighted by Crippen LogP contribution is 2.33. The SMILES string of the molecule is CC(C)(C)[S@@+]([O-])NC(F)(c1ccc(Br)cc1)C(F)F. The monoisotopic (exact) mass is 357 g/mol. The summed E-state index contributed by atoms with van der Waals surface area (Å²) in [6.45, 7) is 4.72. The average molecular weight is 358 g/mol. The van der Waals surface area contributed by atoms with E-state index in [2.05, 4.69) is 15.9 Å². The third kappa shape index (κ3) is 4.11. The van der Waals surface area contributed by atoms with Crippen molar-refractivity contribution < 1.29 is 17.7 Å². The number of alkyl halides is 3. The van der Waals surface area contributed by atoms with Crippen molar-refractivity contribution in [2.24, 2.45) is 0 Å². The molecular formula is C12H15BrF3NOS. The molecule has 0 aliphatic carbocycles. The lowest BCUT2D eigenvalue weighted by molar-refractivity contribution is -0.0477. The zero-order chi connectivity index (χ0) is 14.8. The topological polar surface area (TPSA) is 35.1 Å². The molecule has 1 aromatic rings. The fourth-order valence-corrected chi connectivity index (χ4v) is 2.26. The van der Waals surface area contributed by atoms with Crippen LogP contribution in [0.5, 0.6) is 0 Å². The van der Waals surface area contributed by atoms with Crippen LogP contribution in [0.25, 0.3) is 0 Å². The fraction of sp³-hybridized carbons (Fsp3) is 0.500. The zero-order valence-corrected chi connectivity index (χ0v) is 13.1. The standard InChI is InChI=1S/C12H15BrF3NOS/c1-11(2,3)19(18)17-12(16,10(14)15)8-4-6-9(13)7-5-8/h4-7,10,17H,1-3H3/t12?,19-/m1/s1. The van der Waals surface area contributed by atoms with Gasteiger partial charge in [0.1, 0.15) is 4.75 Å². The first-order valence-electron chi connectivity index (χ1n) is 5.50. The van der Waals surface area contributed by atoms with E-state index in [1.54, 1.807) is 20.8 Å². The van der Waals surface area contributed by atoms with Crippen molar-refractivity contribution in [3.05, 3.63) is 34.3 Å². The summed E-state index contributed by atoms with van der Waals surface area (Å²) < 4.78 is 54.1. The highest BCUT2D eigenvalue weighted by atomic mass is 79.9. The Bertz CT molecular complexity index is 424. The molecule has 0 spiro atoms. The molecule has 2 atom stereocenters. The number of nitrogens with one attached hydrogen (secondary N) is 1. The molecule has 0 heterocycles. The summed E-state index contributed by atoms with van der Waals surface area (Å²) in [6.07, 6.45) is -3.33. The molecule has 1 N–H and O–H groups in total. The van der Waals surface area contributed by atoms with E-state index in [9.17, 15) is 17.7 Å². The molecule has 1 rings (SSSR count). The third-order valence-corrected chi connectivity index (χ3v) is 4.49. The molecule has 0 aliphatic rings. The van der Waals surface area contributed by atoms with Crippen LogP contribution < -0.4 is 4.72 Å². The van der Waals surface area contributed by atoms with Crippen LogP contribution in [0.3, 0.4) is 0 Å². The van der Waals surface area contributed by atoms with Crippen LogP contribution in [-0.4, -0.2) is 15.7 Å². The van der Waals surface area contributed by atoms with E-state index in [1.165, 1.54) is 24.3 Å². The minimum atomic E-state index is -3.33. The van der Waals surface area contributed by atoms with Crippen molar-refractivity contribution in [1.82, 2.24) is 4.72 Å². The van der Waals surface area contributed by atoms with Crippen molar-refractivity contribution >= 4 is 27.3 Å². The second-order valence-corrected chi connectivity index (χ2v) is 7.88. The minimum absolute atomic E-state index is 0.261. The van der Waals surface area contributed by atoms with Gasteiger partial charge < -0.3 is 4.55 Å². The van der Waals surface area contributed by atoms with Crippen LogP contribution in [0.2, 0.25) is 0 Å². The molecule has 1 unspecified atom stereocenters. The van der Waals surface area contributed by atoms with Crippen LogP contribution in [0.4, 0.5) is 13.2 Å². The number of hydrogen-bond donors (Lipinski definition) is 1. The average Bonchev–Trinajstić information content (AvgIpc) is 2.28. The van der Waals surface area contributed by atoms with Gasteiger partial charge >= 0.3 is 0 Å². The molecule has 0 aromatic heterocycles. The van der Waals surface area contributed by atoms with Gasteiger partial charge in [0.05, 0.1) is 0 Å². The Labute approximate surface area is 122 Å². The lowest BCUT2D eigenvalue weighted by atomic mass is 10.1.